The van der Waals surface area contributed by atoms with Crippen molar-refractivity contribution in [3.8, 4) is 0 Å². The number of nitrogens with zero attached hydrogens (tertiary/aromatic N) is 1. The lowest BCUT2D eigenvalue weighted by molar-refractivity contribution is 0.0695. The van der Waals surface area contributed by atoms with Gasteiger partial charge >= 0.3 is 5.97 Å². The summed E-state index contributed by atoms with van der Waals surface area (Å²) in [5.74, 6) is -1.33. The average Bonchev–Trinajstić information content (AvgIpc) is 2.33. The van der Waals surface area contributed by atoms with Crippen LogP contribution in [0.2, 0.25) is 0 Å². The zero-order valence-corrected chi connectivity index (χ0v) is 10.4. The summed E-state index contributed by atoms with van der Waals surface area (Å²) in [7, 11) is 0. The SMILES string of the molecule is Cc1cc(F)c(CN2CCNCC2)cc1C(=O)O. The summed E-state index contributed by atoms with van der Waals surface area (Å²) in [4.78, 5) is 13.2. The van der Waals surface area contributed by atoms with Gasteiger partial charge in [-0.3, -0.25) is 4.90 Å². The van der Waals surface area contributed by atoms with Crippen molar-refractivity contribution in [3.63, 3.8) is 0 Å². The number of rotatable bonds is 3. The molecule has 0 unspecified atom stereocenters. The second-order valence-electron chi connectivity index (χ2n) is 4.59. The standard InChI is InChI=1S/C13H17FN2O2/c1-9-6-12(14)10(7-11(9)13(17)18)8-16-4-2-15-3-5-16/h6-7,15H,2-5,8H2,1H3,(H,17,18). The Balaban J connectivity index is 2.21. The van der Waals surface area contributed by atoms with Gasteiger partial charge in [0.05, 0.1) is 5.56 Å². The van der Waals surface area contributed by atoms with Gasteiger partial charge in [0.15, 0.2) is 0 Å². The van der Waals surface area contributed by atoms with Crippen LogP contribution in [0.15, 0.2) is 12.1 Å². The fourth-order valence-corrected chi connectivity index (χ4v) is 2.18. The van der Waals surface area contributed by atoms with Crippen molar-refractivity contribution in [1.82, 2.24) is 10.2 Å². The molecule has 0 saturated carbocycles. The van der Waals surface area contributed by atoms with E-state index in [0.717, 1.165) is 26.2 Å². The van der Waals surface area contributed by atoms with Gasteiger partial charge in [-0.25, -0.2) is 9.18 Å². The highest BCUT2D eigenvalue weighted by Gasteiger charge is 2.16. The van der Waals surface area contributed by atoms with E-state index in [1.807, 2.05) is 0 Å². The Morgan fingerprint density at radius 2 is 2.11 bits per heavy atom. The first kappa shape index (κ1) is 13.0. The van der Waals surface area contributed by atoms with Crippen molar-refractivity contribution in [1.29, 1.82) is 0 Å². The Labute approximate surface area is 105 Å². The van der Waals surface area contributed by atoms with Crippen LogP contribution in [0.1, 0.15) is 21.5 Å². The van der Waals surface area contributed by atoms with Gasteiger partial charge in [-0.05, 0) is 24.6 Å². The number of hydrogen-bond donors (Lipinski definition) is 2. The van der Waals surface area contributed by atoms with E-state index in [-0.39, 0.29) is 11.4 Å². The highest BCUT2D eigenvalue weighted by molar-refractivity contribution is 5.89. The molecule has 0 atom stereocenters. The summed E-state index contributed by atoms with van der Waals surface area (Å²) in [5, 5.41) is 12.3. The molecule has 0 aromatic heterocycles. The highest BCUT2D eigenvalue weighted by atomic mass is 19.1. The molecular weight excluding hydrogens is 235 g/mol. The van der Waals surface area contributed by atoms with Crippen LogP contribution in [-0.4, -0.2) is 42.2 Å². The monoisotopic (exact) mass is 252 g/mol. The average molecular weight is 252 g/mol. The predicted molar refractivity (Wildman–Crippen MR) is 66.2 cm³/mol. The lowest BCUT2D eigenvalue weighted by Crippen LogP contribution is -2.43. The number of benzene rings is 1. The van der Waals surface area contributed by atoms with Gasteiger partial charge in [-0.1, -0.05) is 0 Å². The van der Waals surface area contributed by atoms with Crippen LogP contribution >= 0.6 is 0 Å². The van der Waals surface area contributed by atoms with Crippen LogP contribution < -0.4 is 5.32 Å². The second-order valence-corrected chi connectivity index (χ2v) is 4.59. The number of carbonyl (C=O) groups is 1. The van der Waals surface area contributed by atoms with Crippen LogP contribution in [-0.2, 0) is 6.54 Å². The van der Waals surface area contributed by atoms with Crippen molar-refractivity contribution in [2.24, 2.45) is 0 Å². The first-order chi connectivity index (χ1) is 8.58. The predicted octanol–water partition coefficient (Wildman–Crippen LogP) is 1.24. The summed E-state index contributed by atoms with van der Waals surface area (Å²) in [6, 6.07) is 2.76. The summed E-state index contributed by atoms with van der Waals surface area (Å²) in [5.41, 5.74) is 1.10. The van der Waals surface area contributed by atoms with Crippen LogP contribution in [0.3, 0.4) is 0 Å². The lowest BCUT2D eigenvalue weighted by atomic mass is 10.0. The topological polar surface area (TPSA) is 52.6 Å². The minimum atomic E-state index is -1.01. The molecule has 5 heteroatoms. The Bertz CT molecular complexity index is 457. The van der Waals surface area contributed by atoms with Crippen molar-refractivity contribution >= 4 is 5.97 Å². The Morgan fingerprint density at radius 1 is 1.44 bits per heavy atom. The third-order valence-corrected chi connectivity index (χ3v) is 3.23. The maximum absolute atomic E-state index is 13.8. The van der Waals surface area contributed by atoms with E-state index in [1.54, 1.807) is 6.92 Å². The highest BCUT2D eigenvalue weighted by Crippen LogP contribution is 2.17. The quantitative estimate of drug-likeness (QED) is 0.849. The van der Waals surface area contributed by atoms with Gasteiger partial charge < -0.3 is 10.4 Å². The van der Waals surface area contributed by atoms with E-state index in [2.05, 4.69) is 10.2 Å². The van der Waals surface area contributed by atoms with Crippen molar-refractivity contribution in [2.75, 3.05) is 26.2 Å². The molecule has 1 aliphatic heterocycles. The number of piperazine rings is 1. The number of aryl methyl sites for hydroxylation is 1. The number of carboxylic acids is 1. The zero-order valence-electron chi connectivity index (χ0n) is 10.4. The van der Waals surface area contributed by atoms with Gasteiger partial charge in [-0.2, -0.15) is 0 Å². The van der Waals surface area contributed by atoms with E-state index in [9.17, 15) is 9.18 Å². The van der Waals surface area contributed by atoms with Crippen LogP contribution in [0.25, 0.3) is 0 Å². The molecule has 0 spiro atoms. The molecule has 1 aliphatic rings. The molecule has 0 bridgehead atoms. The number of aromatic carboxylic acids is 1. The van der Waals surface area contributed by atoms with Gasteiger partial charge in [0.2, 0.25) is 0 Å². The van der Waals surface area contributed by atoms with Crippen molar-refractivity contribution in [3.05, 3.63) is 34.6 Å². The summed E-state index contributed by atoms with van der Waals surface area (Å²) >= 11 is 0. The first-order valence-corrected chi connectivity index (χ1v) is 6.03. The zero-order chi connectivity index (χ0) is 13.1. The molecule has 2 N–H and O–H groups in total. The molecule has 0 aliphatic carbocycles. The molecule has 1 fully saturated rings. The summed E-state index contributed by atoms with van der Waals surface area (Å²) in [6.45, 7) is 5.57. The Morgan fingerprint density at radius 3 is 2.72 bits per heavy atom. The molecule has 0 amide bonds. The fourth-order valence-electron chi connectivity index (χ4n) is 2.18. The summed E-state index contributed by atoms with van der Waals surface area (Å²) in [6.07, 6.45) is 0. The Hall–Kier alpha value is -1.46. The number of hydrogen-bond acceptors (Lipinski definition) is 3. The number of halogens is 1. The van der Waals surface area contributed by atoms with Crippen LogP contribution in [0.5, 0.6) is 0 Å². The largest absolute Gasteiger partial charge is 0.478 e. The van der Waals surface area contributed by atoms with Crippen LogP contribution in [0, 0.1) is 12.7 Å². The lowest BCUT2D eigenvalue weighted by Gasteiger charge is -2.27. The third kappa shape index (κ3) is 2.86. The molecule has 4 nitrogen and oxygen atoms in total. The molecule has 1 aromatic carbocycles. The molecule has 1 aromatic rings. The number of nitrogens with one attached hydrogen (secondary N) is 1. The minimum Gasteiger partial charge on any atom is -0.478 e. The van der Waals surface area contributed by atoms with E-state index < -0.39 is 5.97 Å². The van der Waals surface area contributed by atoms with E-state index in [0.29, 0.717) is 17.7 Å². The minimum absolute atomic E-state index is 0.182. The smallest absolute Gasteiger partial charge is 0.335 e. The first-order valence-electron chi connectivity index (χ1n) is 6.03. The fraction of sp³-hybridized carbons (Fsp3) is 0.462. The molecule has 2 rings (SSSR count). The van der Waals surface area contributed by atoms with Crippen molar-refractivity contribution < 1.29 is 14.3 Å². The van der Waals surface area contributed by atoms with Crippen molar-refractivity contribution in [2.45, 2.75) is 13.5 Å². The normalized spacial score (nSPS) is 16.8. The maximum atomic E-state index is 13.8. The van der Waals surface area contributed by atoms with Gasteiger partial charge in [0, 0.05) is 38.3 Å². The van der Waals surface area contributed by atoms with Gasteiger partial charge in [0.1, 0.15) is 5.82 Å². The molecule has 1 heterocycles. The van der Waals surface area contributed by atoms with E-state index in [1.165, 1.54) is 12.1 Å². The third-order valence-electron chi connectivity index (χ3n) is 3.23. The maximum Gasteiger partial charge on any atom is 0.335 e. The summed E-state index contributed by atoms with van der Waals surface area (Å²) < 4.78 is 13.8. The number of carboxylic acid groups (broad SMARTS) is 1. The van der Waals surface area contributed by atoms with Gasteiger partial charge in [-0.15, -0.1) is 0 Å². The van der Waals surface area contributed by atoms with E-state index >= 15 is 0 Å². The molecule has 98 valence electrons. The van der Waals surface area contributed by atoms with E-state index in [4.69, 9.17) is 5.11 Å². The molecule has 0 radical (unpaired) electrons. The molecular formula is C13H17FN2O2. The molecule has 18 heavy (non-hydrogen) atoms. The second kappa shape index (κ2) is 5.46. The molecule has 1 saturated heterocycles. The van der Waals surface area contributed by atoms with Crippen LogP contribution in [0.4, 0.5) is 4.39 Å². The van der Waals surface area contributed by atoms with Gasteiger partial charge in [0.25, 0.3) is 0 Å². The Kier molecular flexibility index (Phi) is 3.93.